The average Bonchev–Trinajstić information content (AvgIpc) is 2.71. The van der Waals surface area contributed by atoms with Gasteiger partial charge in [0.25, 0.3) is 0 Å². The Morgan fingerprint density at radius 3 is 2.35 bits per heavy atom. The highest BCUT2D eigenvalue weighted by Gasteiger charge is 2.23. The maximum atomic E-state index is 12.8. The Labute approximate surface area is 194 Å². The summed E-state index contributed by atoms with van der Waals surface area (Å²) in [5, 5.41) is 0.577. The molecule has 0 aliphatic carbocycles. The Bertz CT molecular complexity index is 737. The fraction of sp³-hybridized carbons (Fsp3) is 0.600. The third-order valence-electron chi connectivity index (χ3n) is 4.30. The minimum atomic E-state index is -0.537. The summed E-state index contributed by atoms with van der Waals surface area (Å²) in [7, 11) is 3.33. The second-order valence-electron chi connectivity index (χ2n) is 8.04. The van der Waals surface area contributed by atoms with E-state index >= 15 is 0 Å². The molecule has 176 valence electrons. The lowest BCUT2D eigenvalue weighted by atomic mass is 10.0. The first kappa shape index (κ1) is 29.0. The van der Waals surface area contributed by atoms with Gasteiger partial charge in [-0.1, -0.05) is 45.2 Å². The number of rotatable bonds is 9. The van der Waals surface area contributed by atoms with Crippen molar-refractivity contribution in [2.75, 3.05) is 27.2 Å². The Morgan fingerprint density at radius 1 is 1.23 bits per heavy atom. The lowest BCUT2D eigenvalue weighted by molar-refractivity contribution is 0.0264. The van der Waals surface area contributed by atoms with Crippen LogP contribution in [-0.4, -0.2) is 50.1 Å². The van der Waals surface area contributed by atoms with Crippen molar-refractivity contribution in [3.05, 3.63) is 34.4 Å². The molecule has 0 atom stereocenters. The summed E-state index contributed by atoms with van der Waals surface area (Å²) in [6.45, 7) is 14.9. The highest BCUT2D eigenvalue weighted by Crippen LogP contribution is 2.29. The van der Waals surface area contributed by atoms with Gasteiger partial charge in [-0.3, -0.25) is 4.99 Å². The highest BCUT2D eigenvalue weighted by atomic mass is 35.5. The molecule has 6 heteroatoms. The summed E-state index contributed by atoms with van der Waals surface area (Å²) in [5.41, 5.74) is 2.20. The van der Waals surface area contributed by atoms with Crippen LogP contribution in [-0.2, 0) is 4.74 Å². The quantitative estimate of drug-likeness (QED) is 0.292. The van der Waals surface area contributed by atoms with Crippen molar-refractivity contribution in [3.8, 4) is 5.75 Å². The van der Waals surface area contributed by atoms with E-state index in [-0.39, 0.29) is 6.09 Å². The van der Waals surface area contributed by atoms with E-state index in [0.717, 1.165) is 36.0 Å². The molecule has 0 unspecified atom stereocenters. The van der Waals surface area contributed by atoms with Crippen LogP contribution >= 0.6 is 11.6 Å². The minimum Gasteiger partial charge on any atom is -0.497 e. The van der Waals surface area contributed by atoms with Crippen molar-refractivity contribution < 1.29 is 14.3 Å². The molecule has 0 aliphatic heterocycles. The molecule has 1 aromatic carbocycles. The van der Waals surface area contributed by atoms with Crippen LogP contribution in [0.5, 0.6) is 5.75 Å². The number of nitrogens with zero attached hydrogens (tertiary/aromatic N) is 2. The van der Waals surface area contributed by atoms with E-state index in [1.165, 1.54) is 0 Å². The van der Waals surface area contributed by atoms with Crippen LogP contribution in [0.3, 0.4) is 0 Å². The van der Waals surface area contributed by atoms with Crippen LogP contribution < -0.4 is 4.74 Å². The lowest BCUT2D eigenvalue weighted by Gasteiger charge is -2.28. The fourth-order valence-electron chi connectivity index (χ4n) is 2.87. The van der Waals surface area contributed by atoms with Crippen LogP contribution in [0.1, 0.15) is 73.3 Å². The Kier molecular flexibility index (Phi) is 13.9. The number of hydrogen-bond acceptors (Lipinski definition) is 4. The van der Waals surface area contributed by atoms with Gasteiger partial charge in [-0.15, -0.1) is 0 Å². The van der Waals surface area contributed by atoms with Gasteiger partial charge in [-0.2, -0.15) is 0 Å². The van der Waals surface area contributed by atoms with Gasteiger partial charge in [0.15, 0.2) is 0 Å². The Hall–Kier alpha value is -2.01. The number of unbranched alkanes of at least 4 members (excludes halogenated alkanes) is 2. The molecule has 1 rings (SSSR count). The molecular formula is C25H41ClN2O3. The molecule has 5 nitrogen and oxygen atoms in total. The zero-order valence-corrected chi connectivity index (χ0v) is 21.6. The van der Waals surface area contributed by atoms with E-state index in [4.69, 9.17) is 21.1 Å². The van der Waals surface area contributed by atoms with Crippen molar-refractivity contribution in [2.24, 2.45) is 4.99 Å². The maximum Gasteiger partial charge on any atom is 0.410 e. The molecule has 0 bridgehead atoms. The molecule has 31 heavy (non-hydrogen) atoms. The molecule has 0 radical (unpaired) electrons. The predicted octanol–water partition coefficient (Wildman–Crippen LogP) is 7.28. The second-order valence-corrected chi connectivity index (χ2v) is 8.44. The summed E-state index contributed by atoms with van der Waals surface area (Å²) in [6, 6.07) is 5.56. The molecule has 0 heterocycles. The van der Waals surface area contributed by atoms with Crippen LogP contribution in [0.15, 0.2) is 28.8 Å². The molecule has 1 amide bonds. The van der Waals surface area contributed by atoms with Crippen molar-refractivity contribution in [2.45, 2.75) is 73.3 Å². The molecule has 0 saturated heterocycles. The van der Waals surface area contributed by atoms with Gasteiger partial charge in [0.2, 0.25) is 0 Å². The predicted molar refractivity (Wildman–Crippen MR) is 134 cm³/mol. The first-order chi connectivity index (χ1) is 14.6. The van der Waals surface area contributed by atoms with Gasteiger partial charge in [-0.25, -0.2) is 4.79 Å². The zero-order valence-electron chi connectivity index (χ0n) is 20.8. The second kappa shape index (κ2) is 14.9. The van der Waals surface area contributed by atoms with Crippen LogP contribution in [0.2, 0.25) is 5.02 Å². The van der Waals surface area contributed by atoms with Gasteiger partial charge in [-0.05, 0) is 57.9 Å². The molecular weight excluding hydrogens is 412 g/mol. The number of benzene rings is 1. The third-order valence-corrected chi connectivity index (χ3v) is 4.61. The maximum absolute atomic E-state index is 12.8. The van der Waals surface area contributed by atoms with Gasteiger partial charge >= 0.3 is 6.09 Å². The van der Waals surface area contributed by atoms with Crippen LogP contribution in [0.25, 0.3) is 5.57 Å². The van der Waals surface area contributed by atoms with E-state index in [1.807, 2.05) is 53.7 Å². The third kappa shape index (κ3) is 10.7. The van der Waals surface area contributed by atoms with Crippen molar-refractivity contribution >= 4 is 29.5 Å². The van der Waals surface area contributed by atoms with Crippen LogP contribution in [0.4, 0.5) is 4.79 Å². The summed E-state index contributed by atoms with van der Waals surface area (Å²) >= 11 is 6.49. The van der Waals surface area contributed by atoms with E-state index in [1.54, 1.807) is 31.3 Å². The van der Waals surface area contributed by atoms with Gasteiger partial charge < -0.3 is 14.4 Å². The molecule has 0 aliphatic rings. The SMILES string of the molecule is CC.CCCCCN(C/C(C)=C(/C=NC)c1ccc(OC)cc1Cl)C(=O)OC(C)(C)C. The van der Waals surface area contributed by atoms with Gasteiger partial charge in [0.1, 0.15) is 11.4 Å². The number of hydrogen-bond donors (Lipinski definition) is 0. The molecule has 0 aromatic heterocycles. The monoisotopic (exact) mass is 452 g/mol. The van der Waals surface area contributed by atoms with E-state index in [2.05, 4.69) is 11.9 Å². The van der Waals surface area contributed by atoms with E-state index in [9.17, 15) is 4.79 Å². The summed E-state index contributed by atoms with van der Waals surface area (Å²) < 4.78 is 10.9. The van der Waals surface area contributed by atoms with Crippen LogP contribution in [0, 0.1) is 0 Å². The van der Waals surface area contributed by atoms with Gasteiger partial charge in [0.05, 0.1) is 12.1 Å². The number of carbonyl (C=O) groups excluding carboxylic acids is 1. The highest BCUT2D eigenvalue weighted by molar-refractivity contribution is 6.34. The normalized spacial score (nSPS) is 12.1. The molecule has 0 fully saturated rings. The smallest absolute Gasteiger partial charge is 0.410 e. The number of methoxy groups -OCH3 is 1. The fourth-order valence-corrected chi connectivity index (χ4v) is 3.14. The molecule has 1 aromatic rings. The number of aliphatic imine (C=N–C) groups is 1. The summed E-state index contributed by atoms with van der Waals surface area (Å²) in [6.07, 6.45) is 4.56. The molecule has 0 N–H and O–H groups in total. The van der Waals surface area contributed by atoms with Crippen molar-refractivity contribution in [3.63, 3.8) is 0 Å². The van der Waals surface area contributed by atoms with E-state index < -0.39 is 5.60 Å². The number of carbonyl (C=O) groups is 1. The van der Waals surface area contributed by atoms with Crippen molar-refractivity contribution in [1.82, 2.24) is 4.90 Å². The standard InChI is InChI=1S/C23H35ClN2O3.C2H6/c1-8-9-10-13-26(22(27)29-23(3,4)5)16-17(2)20(15-25-6)19-12-11-18(28-7)14-21(19)24;1-2/h11-12,14-15H,8-10,13,16H2,1-7H3;1-2H3/b20-17-,25-15?;. The first-order valence-electron chi connectivity index (χ1n) is 11.1. The van der Waals surface area contributed by atoms with Gasteiger partial charge in [0, 0.05) is 37.5 Å². The lowest BCUT2D eigenvalue weighted by Crippen LogP contribution is -2.38. The largest absolute Gasteiger partial charge is 0.497 e. The average molecular weight is 453 g/mol. The van der Waals surface area contributed by atoms with Crippen molar-refractivity contribution in [1.29, 1.82) is 0 Å². The summed E-state index contributed by atoms with van der Waals surface area (Å²) in [5.74, 6) is 0.694. The first-order valence-corrected chi connectivity index (χ1v) is 11.4. The number of ether oxygens (including phenoxy) is 2. The topological polar surface area (TPSA) is 51.1 Å². The number of amides is 1. The Balaban J connectivity index is 0.00000436. The number of allylic oxidation sites excluding steroid dienone is 1. The number of halogens is 1. The zero-order chi connectivity index (χ0) is 24.0. The molecule has 0 saturated carbocycles. The molecule has 0 spiro atoms. The summed E-state index contributed by atoms with van der Waals surface area (Å²) in [4.78, 5) is 18.7. The van der Waals surface area contributed by atoms with E-state index in [0.29, 0.717) is 23.9 Å². The minimum absolute atomic E-state index is 0.304. The Morgan fingerprint density at radius 2 is 1.87 bits per heavy atom.